The Hall–Kier alpha value is -2.11. The summed E-state index contributed by atoms with van der Waals surface area (Å²) in [5.41, 5.74) is 1.62. The van der Waals surface area contributed by atoms with Gasteiger partial charge in [0, 0.05) is 30.8 Å². The first-order valence-corrected chi connectivity index (χ1v) is 7.00. The molecule has 2 N–H and O–H groups in total. The first-order valence-electron chi connectivity index (χ1n) is 7.00. The fraction of sp³-hybridized carbons (Fsp3) is 0.533. The van der Waals surface area contributed by atoms with Gasteiger partial charge in [-0.15, -0.1) is 0 Å². The van der Waals surface area contributed by atoms with Crippen LogP contribution in [-0.2, 0) is 4.79 Å². The third kappa shape index (κ3) is 5.81. The van der Waals surface area contributed by atoms with E-state index in [1.165, 1.54) is 12.1 Å². The van der Waals surface area contributed by atoms with Gasteiger partial charge in [-0.3, -0.25) is 14.9 Å². The zero-order valence-corrected chi connectivity index (χ0v) is 12.6. The third-order valence-corrected chi connectivity index (χ3v) is 3.28. The molecular weight excluding hydrogens is 272 g/mol. The number of benzene rings is 1. The summed E-state index contributed by atoms with van der Waals surface area (Å²) >= 11 is 0. The van der Waals surface area contributed by atoms with E-state index in [1.807, 2.05) is 20.8 Å². The Kier molecular flexibility index (Phi) is 6.14. The van der Waals surface area contributed by atoms with Crippen molar-refractivity contribution >= 4 is 17.3 Å². The number of hydrogen-bond acceptors (Lipinski definition) is 4. The fourth-order valence-electron chi connectivity index (χ4n) is 2.32. The molecular formula is C15H22N2O4. The molecule has 0 fully saturated rings. The molecule has 0 amide bonds. The summed E-state index contributed by atoms with van der Waals surface area (Å²) in [7, 11) is 0. The van der Waals surface area contributed by atoms with Crippen molar-refractivity contribution in [2.75, 3.05) is 11.9 Å². The second-order valence-corrected chi connectivity index (χ2v) is 5.73. The molecule has 0 spiro atoms. The number of carboxylic acid groups (broad SMARTS) is 1. The van der Waals surface area contributed by atoms with Gasteiger partial charge in [0.2, 0.25) is 0 Å². The highest BCUT2D eigenvalue weighted by Gasteiger charge is 2.16. The van der Waals surface area contributed by atoms with Gasteiger partial charge >= 0.3 is 5.97 Å². The molecule has 1 atom stereocenters. The Morgan fingerprint density at radius 1 is 1.43 bits per heavy atom. The zero-order chi connectivity index (χ0) is 16.0. The molecule has 0 aromatic heterocycles. The highest BCUT2D eigenvalue weighted by atomic mass is 16.6. The normalized spacial score (nSPS) is 12.2. The number of aryl methyl sites for hydroxylation is 1. The molecule has 0 saturated heterocycles. The molecule has 0 saturated carbocycles. The first kappa shape index (κ1) is 16.9. The molecule has 1 rings (SSSR count). The number of anilines is 1. The van der Waals surface area contributed by atoms with Crippen LogP contribution in [-0.4, -0.2) is 22.5 Å². The van der Waals surface area contributed by atoms with E-state index in [2.05, 4.69) is 5.32 Å². The van der Waals surface area contributed by atoms with Crippen molar-refractivity contribution < 1.29 is 14.8 Å². The lowest BCUT2D eigenvalue weighted by atomic mass is 9.94. The number of hydrogen-bond donors (Lipinski definition) is 2. The molecule has 116 valence electrons. The summed E-state index contributed by atoms with van der Waals surface area (Å²) in [6.07, 6.45) is 0.895. The third-order valence-electron chi connectivity index (χ3n) is 3.28. The van der Waals surface area contributed by atoms with Gasteiger partial charge in [0.25, 0.3) is 5.69 Å². The van der Waals surface area contributed by atoms with E-state index in [0.29, 0.717) is 18.2 Å². The van der Waals surface area contributed by atoms with E-state index in [0.717, 1.165) is 12.0 Å². The lowest BCUT2D eigenvalue weighted by Gasteiger charge is -2.19. The average Bonchev–Trinajstić information content (AvgIpc) is 2.35. The number of nitro benzene ring substituents is 1. The number of aliphatic carboxylic acids is 1. The second kappa shape index (κ2) is 7.61. The van der Waals surface area contributed by atoms with E-state index >= 15 is 0 Å². The average molecular weight is 294 g/mol. The first-order chi connectivity index (χ1) is 9.79. The smallest absolute Gasteiger partial charge is 0.303 e. The molecule has 21 heavy (non-hydrogen) atoms. The van der Waals surface area contributed by atoms with Crippen LogP contribution in [0.25, 0.3) is 0 Å². The van der Waals surface area contributed by atoms with Crippen LogP contribution in [0.5, 0.6) is 0 Å². The highest BCUT2D eigenvalue weighted by Crippen LogP contribution is 2.23. The van der Waals surface area contributed by atoms with E-state index in [9.17, 15) is 14.9 Å². The summed E-state index contributed by atoms with van der Waals surface area (Å²) in [6.45, 7) is 6.45. The molecule has 0 aliphatic carbocycles. The molecule has 0 radical (unpaired) electrons. The van der Waals surface area contributed by atoms with Crippen molar-refractivity contribution in [3.63, 3.8) is 0 Å². The van der Waals surface area contributed by atoms with Crippen LogP contribution >= 0.6 is 0 Å². The Morgan fingerprint density at radius 2 is 2.10 bits per heavy atom. The Morgan fingerprint density at radius 3 is 2.62 bits per heavy atom. The topological polar surface area (TPSA) is 92.5 Å². The van der Waals surface area contributed by atoms with Crippen molar-refractivity contribution in [2.24, 2.45) is 11.8 Å². The fourth-order valence-corrected chi connectivity index (χ4v) is 2.32. The lowest BCUT2D eigenvalue weighted by molar-refractivity contribution is -0.384. The van der Waals surface area contributed by atoms with Crippen LogP contribution < -0.4 is 5.32 Å². The summed E-state index contributed by atoms with van der Waals surface area (Å²) in [5, 5.41) is 22.9. The predicted octanol–water partition coefficient (Wildman–Crippen LogP) is 3.45. The number of carbonyl (C=O) groups is 1. The quantitative estimate of drug-likeness (QED) is 0.566. The largest absolute Gasteiger partial charge is 0.481 e. The lowest BCUT2D eigenvalue weighted by Crippen LogP contribution is -2.20. The summed E-state index contributed by atoms with van der Waals surface area (Å²) in [5.74, 6) is -0.415. The number of nitrogens with zero attached hydrogens (tertiary/aromatic N) is 1. The molecule has 0 aliphatic rings. The van der Waals surface area contributed by atoms with Gasteiger partial charge in [-0.05, 0) is 30.7 Å². The van der Waals surface area contributed by atoms with Crippen LogP contribution in [0.15, 0.2) is 18.2 Å². The number of non-ortho nitro benzene ring substituents is 1. The molecule has 6 heteroatoms. The SMILES string of the molecule is Cc1ccc([N+](=O)[O-])cc1NCC(CC(=O)O)CC(C)C. The number of rotatable bonds is 8. The molecule has 1 unspecified atom stereocenters. The standard InChI is InChI=1S/C15H22N2O4/c1-10(2)6-12(7-15(18)19)9-16-14-8-13(17(20)21)5-4-11(14)3/h4-5,8,10,12,16H,6-7,9H2,1-3H3,(H,18,19). The molecule has 0 bridgehead atoms. The van der Waals surface area contributed by atoms with E-state index < -0.39 is 10.9 Å². The van der Waals surface area contributed by atoms with Crippen LogP contribution in [0.1, 0.15) is 32.3 Å². The monoisotopic (exact) mass is 294 g/mol. The Bertz CT molecular complexity index is 514. The van der Waals surface area contributed by atoms with Gasteiger partial charge in [0.15, 0.2) is 0 Å². The molecule has 1 aromatic carbocycles. The van der Waals surface area contributed by atoms with Crippen LogP contribution in [0.4, 0.5) is 11.4 Å². The minimum Gasteiger partial charge on any atom is -0.481 e. The maximum absolute atomic E-state index is 10.9. The number of nitro groups is 1. The van der Waals surface area contributed by atoms with Crippen LogP contribution in [0, 0.1) is 28.9 Å². The molecule has 6 nitrogen and oxygen atoms in total. The number of nitrogens with one attached hydrogen (secondary N) is 1. The molecule has 0 heterocycles. The summed E-state index contributed by atoms with van der Waals surface area (Å²) in [4.78, 5) is 21.3. The predicted molar refractivity (Wildman–Crippen MR) is 81.5 cm³/mol. The number of carboxylic acids is 1. The van der Waals surface area contributed by atoms with Crippen molar-refractivity contribution in [1.82, 2.24) is 0 Å². The summed E-state index contributed by atoms with van der Waals surface area (Å²) < 4.78 is 0. The van der Waals surface area contributed by atoms with Crippen LogP contribution in [0.3, 0.4) is 0 Å². The van der Waals surface area contributed by atoms with E-state index in [1.54, 1.807) is 6.07 Å². The summed E-state index contributed by atoms with van der Waals surface area (Å²) in [6, 6.07) is 4.64. The van der Waals surface area contributed by atoms with Crippen molar-refractivity contribution in [2.45, 2.75) is 33.6 Å². The second-order valence-electron chi connectivity index (χ2n) is 5.73. The maximum Gasteiger partial charge on any atom is 0.303 e. The van der Waals surface area contributed by atoms with E-state index in [-0.39, 0.29) is 18.0 Å². The molecule has 0 aliphatic heterocycles. The van der Waals surface area contributed by atoms with E-state index in [4.69, 9.17) is 5.11 Å². The van der Waals surface area contributed by atoms with Crippen molar-refractivity contribution in [1.29, 1.82) is 0 Å². The Labute approximate surface area is 124 Å². The minimum atomic E-state index is -0.821. The van der Waals surface area contributed by atoms with Crippen LogP contribution in [0.2, 0.25) is 0 Å². The maximum atomic E-state index is 10.9. The zero-order valence-electron chi connectivity index (χ0n) is 12.6. The highest BCUT2D eigenvalue weighted by molar-refractivity contribution is 5.67. The Balaban J connectivity index is 2.76. The van der Waals surface area contributed by atoms with Crippen molar-refractivity contribution in [3.8, 4) is 0 Å². The van der Waals surface area contributed by atoms with Gasteiger partial charge in [-0.2, -0.15) is 0 Å². The van der Waals surface area contributed by atoms with Gasteiger partial charge in [-0.1, -0.05) is 19.9 Å². The van der Waals surface area contributed by atoms with Gasteiger partial charge in [0.1, 0.15) is 0 Å². The van der Waals surface area contributed by atoms with Gasteiger partial charge in [0.05, 0.1) is 4.92 Å². The van der Waals surface area contributed by atoms with Gasteiger partial charge < -0.3 is 10.4 Å². The minimum absolute atomic E-state index is 0.00108. The van der Waals surface area contributed by atoms with Crippen molar-refractivity contribution in [3.05, 3.63) is 33.9 Å². The molecule has 1 aromatic rings. The van der Waals surface area contributed by atoms with Gasteiger partial charge in [-0.25, -0.2) is 0 Å².